The van der Waals surface area contributed by atoms with Crippen LogP contribution in [0.2, 0.25) is 5.02 Å². The van der Waals surface area contributed by atoms with Crippen molar-refractivity contribution in [3.8, 4) is 0 Å². The highest BCUT2D eigenvalue weighted by Crippen LogP contribution is 2.14. The van der Waals surface area contributed by atoms with Crippen LogP contribution >= 0.6 is 11.6 Å². The van der Waals surface area contributed by atoms with Crippen LogP contribution in [0.15, 0.2) is 24.3 Å². The van der Waals surface area contributed by atoms with E-state index in [2.05, 4.69) is 4.74 Å². The third kappa shape index (κ3) is 4.44. The molecular formula is C12H13ClO4. The Morgan fingerprint density at radius 1 is 1.41 bits per heavy atom. The second kappa shape index (κ2) is 6.25. The monoisotopic (exact) mass is 256 g/mol. The van der Waals surface area contributed by atoms with E-state index in [0.29, 0.717) is 5.02 Å². The summed E-state index contributed by atoms with van der Waals surface area (Å²) in [6.07, 6.45) is -0.691. The molecule has 1 rings (SSSR count). The first kappa shape index (κ1) is 13.5. The quantitative estimate of drug-likeness (QED) is 0.773. The first-order chi connectivity index (χ1) is 8.02. The molecule has 1 atom stereocenters. The standard InChI is InChI=1S/C12H13ClO4/c1-8(14)17-11(12(15)16-2)7-9-4-3-5-10(13)6-9/h3-6,11H,7H2,1-2H3/t11-/m1/s1. The lowest BCUT2D eigenvalue weighted by Crippen LogP contribution is -2.29. The largest absolute Gasteiger partial charge is 0.466 e. The summed E-state index contributed by atoms with van der Waals surface area (Å²) in [6.45, 7) is 1.24. The molecule has 0 heterocycles. The van der Waals surface area contributed by atoms with Gasteiger partial charge in [0.1, 0.15) is 0 Å². The maximum atomic E-state index is 11.4. The van der Waals surface area contributed by atoms with Crippen LogP contribution in [0.5, 0.6) is 0 Å². The molecule has 92 valence electrons. The molecule has 0 aromatic heterocycles. The van der Waals surface area contributed by atoms with Gasteiger partial charge in [-0.25, -0.2) is 4.79 Å². The molecular weight excluding hydrogens is 244 g/mol. The van der Waals surface area contributed by atoms with Crippen molar-refractivity contribution in [3.05, 3.63) is 34.9 Å². The molecule has 1 aromatic rings. The average Bonchev–Trinajstić information content (AvgIpc) is 2.26. The lowest BCUT2D eigenvalue weighted by molar-refractivity contribution is -0.164. The van der Waals surface area contributed by atoms with Crippen molar-refractivity contribution in [3.63, 3.8) is 0 Å². The van der Waals surface area contributed by atoms with Gasteiger partial charge in [0.05, 0.1) is 7.11 Å². The normalized spacial score (nSPS) is 11.7. The van der Waals surface area contributed by atoms with Gasteiger partial charge in [0, 0.05) is 18.4 Å². The molecule has 5 heteroatoms. The highest BCUT2D eigenvalue weighted by molar-refractivity contribution is 6.30. The Balaban J connectivity index is 2.78. The van der Waals surface area contributed by atoms with Crippen LogP contribution in [0.1, 0.15) is 12.5 Å². The minimum Gasteiger partial charge on any atom is -0.466 e. The van der Waals surface area contributed by atoms with E-state index >= 15 is 0 Å². The summed E-state index contributed by atoms with van der Waals surface area (Å²) in [5, 5.41) is 0.564. The number of hydrogen-bond donors (Lipinski definition) is 0. The lowest BCUT2D eigenvalue weighted by Gasteiger charge is -2.14. The molecule has 0 bridgehead atoms. The van der Waals surface area contributed by atoms with Gasteiger partial charge in [0.25, 0.3) is 0 Å². The third-order valence-electron chi connectivity index (χ3n) is 2.08. The van der Waals surface area contributed by atoms with E-state index in [1.807, 2.05) is 0 Å². The number of hydrogen-bond acceptors (Lipinski definition) is 4. The summed E-state index contributed by atoms with van der Waals surface area (Å²) in [5.41, 5.74) is 0.800. The van der Waals surface area contributed by atoms with Crippen molar-refractivity contribution >= 4 is 23.5 Å². The molecule has 0 N–H and O–H groups in total. The maximum Gasteiger partial charge on any atom is 0.347 e. The van der Waals surface area contributed by atoms with E-state index in [-0.39, 0.29) is 6.42 Å². The number of carbonyl (C=O) groups is 2. The second-order valence-corrected chi connectivity index (χ2v) is 3.89. The second-order valence-electron chi connectivity index (χ2n) is 3.46. The number of rotatable bonds is 4. The predicted molar refractivity (Wildman–Crippen MR) is 62.7 cm³/mol. The van der Waals surface area contributed by atoms with Crippen molar-refractivity contribution in [2.45, 2.75) is 19.4 Å². The molecule has 0 spiro atoms. The van der Waals surface area contributed by atoms with Crippen molar-refractivity contribution in [1.29, 1.82) is 0 Å². The number of ether oxygens (including phenoxy) is 2. The van der Waals surface area contributed by atoms with Gasteiger partial charge in [-0.1, -0.05) is 23.7 Å². The van der Waals surface area contributed by atoms with Gasteiger partial charge in [0.15, 0.2) is 0 Å². The first-order valence-corrected chi connectivity index (χ1v) is 5.40. The van der Waals surface area contributed by atoms with Crippen LogP contribution in [0.4, 0.5) is 0 Å². The molecule has 0 aliphatic rings. The number of methoxy groups -OCH3 is 1. The summed E-state index contributed by atoms with van der Waals surface area (Å²) in [6, 6.07) is 7.00. The van der Waals surface area contributed by atoms with Crippen LogP contribution in [0.25, 0.3) is 0 Å². The number of benzene rings is 1. The molecule has 0 fully saturated rings. The van der Waals surface area contributed by atoms with Gasteiger partial charge in [0.2, 0.25) is 6.10 Å². The minimum absolute atomic E-state index is 0.243. The number of halogens is 1. The molecule has 4 nitrogen and oxygen atoms in total. The van der Waals surface area contributed by atoms with E-state index < -0.39 is 18.0 Å². The third-order valence-corrected chi connectivity index (χ3v) is 2.32. The lowest BCUT2D eigenvalue weighted by atomic mass is 10.1. The smallest absolute Gasteiger partial charge is 0.347 e. The van der Waals surface area contributed by atoms with Gasteiger partial charge < -0.3 is 9.47 Å². The molecule has 0 aliphatic heterocycles. The Kier molecular flexibility index (Phi) is 4.97. The van der Waals surface area contributed by atoms with Gasteiger partial charge >= 0.3 is 11.9 Å². The summed E-state index contributed by atoms with van der Waals surface area (Å²) < 4.78 is 9.46. The molecule has 0 unspecified atom stereocenters. The number of esters is 2. The predicted octanol–water partition coefficient (Wildman–Crippen LogP) is 1.99. The van der Waals surface area contributed by atoms with Crippen molar-refractivity contribution in [2.24, 2.45) is 0 Å². The Morgan fingerprint density at radius 3 is 2.65 bits per heavy atom. The van der Waals surface area contributed by atoms with E-state index in [0.717, 1.165) is 5.56 Å². The maximum absolute atomic E-state index is 11.4. The van der Waals surface area contributed by atoms with E-state index in [1.54, 1.807) is 24.3 Å². The summed E-state index contributed by atoms with van der Waals surface area (Å²) in [7, 11) is 1.25. The molecule has 0 radical (unpaired) electrons. The zero-order valence-corrected chi connectivity index (χ0v) is 10.4. The first-order valence-electron chi connectivity index (χ1n) is 5.02. The summed E-state index contributed by atoms with van der Waals surface area (Å²) in [4.78, 5) is 22.3. The fourth-order valence-corrected chi connectivity index (χ4v) is 1.60. The molecule has 0 saturated carbocycles. The van der Waals surface area contributed by atoms with Gasteiger partial charge in [-0.05, 0) is 17.7 Å². The Hall–Kier alpha value is -1.55. The fraction of sp³-hybridized carbons (Fsp3) is 0.333. The molecule has 0 amide bonds. The van der Waals surface area contributed by atoms with Crippen LogP contribution in [-0.4, -0.2) is 25.2 Å². The molecule has 17 heavy (non-hydrogen) atoms. The Labute approximate surface area is 104 Å². The minimum atomic E-state index is -0.934. The average molecular weight is 257 g/mol. The van der Waals surface area contributed by atoms with E-state index in [4.69, 9.17) is 16.3 Å². The summed E-state index contributed by atoms with van der Waals surface area (Å²) in [5.74, 6) is -1.11. The molecule has 1 aromatic carbocycles. The zero-order chi connectivity index (χ0) is 12.8. The highest BCUT2D eigenvalue weighted by atomic mass is 35.5. The van der Waals surface area contributed by atoms with E-state index in [1.165, 1.54) is 14.0 Å². The van der Waals surface area contributed by atoms with Gasteiger partial charge in [-0.3, -0.25) is 4.79 Å². The summed E-state index contributed by atoms with van der Waals surface area (Å²) >= 11 is 5.82. The van der Waals surface area contributed by atoms with Gasteiger partial charge in [-0.15, -0.1) is 0 Å². The Bertz CT molecular complexity index is 417. The molecule has 0 aliphatic carbocycles. The van der Waals surface area contributed by atoms with Crippen LogP contribution in [-0.2, 0) is 25.5 Å². The highest BCUT2D eigenvalue weighted by Gasteiger charge is 2.22. The van der Waals surface area contributed by atoms with Crippen LogP contribution in [0, 0.1) is 0 Å². The SMILES string of the molecule is COC(=O)[C@@H](Cc1cccc(Cl)c1)OC(C)=O. The Morgan fingerprint density at radius 2 is 2.12 bits per heavy atom. The number of carbonyl (C=O) groups excluding carboxylic acids is 2. The van der Waals surface area contributed by atoms with Crippen molar-refractivity contribution in [2.75, 3.05) is 7.11 Å². The fourth-order valence-electron chi connectivity index (χ4n) is 1.38. The van der Waals surface area contributed by atoms with Crippen molar-refractivity contribution in [1.82, 2.24) is 0 Å². The molecule has 0 saturated heterocycles. The van der Waals surface area contributed by atoms with Crippen molar-refractivity contribution < 1.29 is 19.1 Å². The topological polar surface area (TPSA) is 52.6 Å². The zero-order valence-electron chi connectivity index (χ0n) is 9.60. The van der Waals surface area contributed by atoms with Crippen LogP contribution < -0.4 is 0 Å². The van der Waals surface area contributed by atoms with Gasteiger partial charge in [-0.2, -0.15) is 0 Å². The van der Waals surface area contributed by atoms with Crippen LogP contribution in [0.3, 0.4) is 0 Å². The van der Waals surface area contributed by atoms with E-state index in [9.17, 15) is 9.59 Å².